The molecule has 0 radical (unpaired) electrons. The van der Waals surface area contributed by atoms with Crippen molar-refractivity contribution in [1.29, 1.82) is 0 Å². The van der Waals surface area contributed by atoms with Gasteiger partial charge in [-0.25, -0.2) is 4.58 Å². The molecule has 8 aliphatic rings. The van der Waals surface area contributed by atoms with Gasteiger partial charge < -0.3 is 36.3 Å². The van der Waals surface area contributed by atoms with Crippen molar-refractivity contribution >= 4 is 34.4 Å². The maximum atomic E-state index is 15.7. The number of anilines is 1. The molecule has 0 bridgehead atoms. The first-order chi connectivity index (χ1) is 34.8. The molecule has 2 heterocycles. The summed E-state index contributed by atoms with van der Waals surface area (Å²) < 4.78 is 15.2. The summed E-state index contributed by atoms with van der Waals surface area (Å²) in [5.41, 5.74) is 6.68. The topological polar surface area (TPSA) is 86.3 Å². The number of halogens is 1. The average Bonchev–Trinajstić information content (AvgIpc) is 3.78. The summed E-state index contributed by atoms with van der Waals surface area (Å²) in [4.78, 5) is 49.5. The zero-order valence-electron chi connectivity index (χ0n) is 46.9. The second kappa shape index (κ2) is 20.1. The molecule has 10 rings (SSSR count). The molecule has 0 spiro atoms. The molecule has 0 N–H and O–H groups in total. The molecule has 0 unspecified atom stereocenters. The first-order valence-electron chi connectivity index (χ1n) is 28.7. The van der Waals surface area contributed by atoms with Gasteiger partial charge in [0.25, 0.3) is 5.91 Å². The highest BCUT2D eigenvalue weighted by Crippen LogP contribution is 2.78. The number of allylic oxidation sites excluding steroid dienone is 1. The zero-order valence-corrected chi connectivity index (χ0v) is 47.6. The minimum Gasteiger partial charge on any atom is -1.00 e. The first-order valence-corrected chi connectivity index (χ1v) is 28.7. The van der Waals surface area contributed by atoms with E-state index in [1.165, 1.54) is 18.4 Å². The van der Waals surface area contributed by atoms with Gasteiger partial charge in [-0.3, -0.25) is 14.4 Å². The molecule has 1 saturated heterocycles. The largest absolute Gasteiger partial charge is 1.00 e. The minimum absolute atomic E-state index is 0. The van der Waals surface area contributed by atoms with Crippen LogP contribution >= 0.6 is 0 Å². The minimum atomic E-state index is -0.405. The number of carbonyl (C=O) groups is 3. The van der Waals surface area contributed by atoms with E-state index in [4.69, 9.17) is 9.15 Å². The first kappa shape index (κ1) is 54.2. The standard InChI is InChI=1S/C64H87N4O5.ClH/c1-13-65(14-2)43-21-23-48-51(39-43)73-52-40-44(66(15-3)16-4)22-24-49(52)56(48)46-19-17-18-20-47(46)58(70)67-35-37-68(38-36-67)59(71)64-32-27-45(41(5)6)57(64)50-25-26-54-61(10)30-29-55(72-42(7)69)60(8,9)53(61)28-31-63(54,12)62(50,11)33-34-64;/h17-24,39-40,45,50,53-55,57H,5,13-16,25-38H2,1-4,6-12H3;1H/q+1;/p-1/t45-,50+,53-,54+,55-,57+,61-,62+,63+,64-;/m0./s1. The highest BCUT2D eigenvalue weighted by Gasteiger charge is 2.72. The van der Waals surface area contributed by atoms with Crippen molar-refractivity contribution in [3.8, 4) is 22.5 Å². The molecule has 6 aliphatic carbocycles. The van der Waals surface area contributed by atoms with Gasteiger partial charge in [0.2, 0.25) is 11.3 Å². The van der Waals surface area contributed by atoms with Crippen LogP contribution in [0.25, 0.3) is 33.4 Å². The Morgan fingerprint density at radius 1 is 0.743 bits per heavy atom. The van der Waals surface area contributed by atoms with Crippen LogP contribution in [0.2, 0.25) is 0 Å². The van der Waals surface area contributed by atoms with Crippen LogP contribution in [0.1, 0.15) is 151 Å². The van der Waals surface area contributed by atoms with Crippen molar-refractivity contribution in [1.82, 2.24) is 14.4 Å². The second-order valence-electron chi connectivity index (χ2n) is 25.1. The van der Waals surface area contributed by atoms with E-state index >= 15 is 9.59 Å². The number of esters is 1. The van der Waals surface area contributed by atoms with E-state index in [9.17, 15) is 4.79 Å². The monoisotopic (exact) mass is 1030 g/mol. The van der Waals surface area contributed by atoms with E-state index in [1.54, 1.807) is 6.92 Å². The van der Waals surface area contributed by atoms with Crippen LogP contribution in [-0.4, -0.2) is 86.0 Å². The number of benzene rings is 3. The third kappa shape index (κ3) is 8.28. The van der Waals surface area contributed by atoms with Gasteiger partial charge in [0.1, 0.15) is 30.5 Å². The van der Waals surface area contributed by atoms with Crippen LogP contribution in [0.3, 0.4) is 0 Å². The second-order valence-corrected chi connectivity index (χ2v) is 25.1. The fourth-order valence-electron chi connectivity index (χ4n) is 18.1. The van der Waals surface area contributed by atoms with E-state index < -0.39 is 5.41 Å². The maximum Gasteiger partial charge on any atom is 0.302 e. The van der Waals surface area contributed by atoms with Gasteiger partial charge in [-0.1, -0.05) is 65.0 Å². The van der Waals surface area contributed by atoms with E-state index in [2.05, 4.69) is 133 Å². The number of hydrogen-bond donors (Lipinski definition) is 0. The molecule has 2 aromatic rings. The highest BCUT2D eigenvalue weighted by atomic mass is 35.5. The van der Waals surface area contributed by atoms with Crippen molar-refractivity contribution < 1.29 is 35.9 Å². The lowest BCUT2D eigenvalue weighted by Gasteiger charge is -2.73. The van der Waals surface area contributed by atoms with E-state index in [0.29, 0.717) is 61.3 Å². The Morgan fingerprint density at radius 2 is 1.45 bits per heavy atom. The summed E-state index contributed by atoms with van der Waals surface area (Å²) in [5.74, 6) is 3.13. The molecular weight excluding hydrogens is 940 g/mol. The highest BCUT2D eigenvalue weighted by molar-refractivity contribution is 6.09. The quantitative estimate of drug-likeness (QED) is 0.0681. The van der Waals surface area contributed by atoms with Crippen molar-refractivity contribution in [2.45, 2.75) is 146 Å². The SMILES string of the molecule is C=C(C)[C@@H]1CC[C@]2(C(=O)N3CCN(C(=O)c4ccccc4-c4c5ccc(=[N+](CC)CC)cc-5oc5cc(N(CC)CC)ccc45)CC3)CC[C@]3(C)[C@H](CC[C@@H]4[C@@]5(C)CC[C@H](OC(C)=O)C(C)(C)[C@@H]5CC[C@]43C)[C@@H]12.[Cl-]. The van der Waals surface area contributed by atoms with Gasteiger partial charge in [-0.2, -0.15) is 0 Å². The lowest BCUT2D eigenvalue weighted by atomic mass is 9.32. The number of ether oxygens (including phenoxy) is 1. The fraction of sp³-hybridized carbons (Fsp3) is 0.625. The van der Waals surface area contributed by atoms with Crippen molar-refractivity contribution in [2.75, 3.05) is 57.3 Å². The Bertz CT molecular complexity index is 2850. The summed E-state index contributed by atoms with van der Waals surface area (Å²) in [6, 6.07) is 21.1. The van der Waals surface area contributed by atoms with Crippen LogP contribution in [0.15, 0.2) is 77.2 Å². The van der Waals surface area contributed by atoms with Crippen LogP contribution in [-0.2, 0) is 14.3 Å². The Kier molecular flexibility index (Phi) is 14.7. The number of fused-ring (bicyclic) bond motifs is 9. The summed E-state index contributed by atoms with van der Waals surface area (Å²) in [7, 11) is 0. The van der Waals surface area contributed by atoms with Gasteiger partial charge in [-0.15, -0.1) is 0 Å². The maximum absolute atomic E-state index is 15.7. The van der Waals surface area contributed by atoms with E-state index in [1.807, 2.05) is 23.1 Å². The smallest absolute Gasteiger partial charge is 0.302 e. The Balaban J connectivity index is 0.00000672. The third-order valence-electron chi connectivity index (χ3n) is 22.0. The van der Waals surface area contributed by atoms with Crippen molar-refractivity contribution in [3.05, 3.63) is 83.7 Å². The number of piperazine rings is 1. The molecule has 6 fully saturated rings. The molecule has 5 saturated carbocycles. The third-order valence-corrected chi connectivity index (χ3v) is 22.0. The van der Waals surface area contributed by atoms with Gasteiger partial charge in [0.05, 0.1) is 11.5 Å². The van der Waals surface area contributed by atoms with Gasteiger partial charge in [0.15, 0.2) is 0 Å². The van der Waals surface area contributed by atoms with Gasteiger partial charge >= 0.3 is 5.97 Å². The molecular formula is C64H87ClN4O5. The zero-order chi connectivity index (χ0) is 52.0. The molecule has 2 aliphatic heterocycles. The Morgan fingerprint density at radius 3 is 2.12 bits per heavy atom. The average molecular weight is 1030 g/mol. The fourth-order valence-corrected chi connectivity index (χ4v) is 18.1. The van der Waals surface area contributed by atoms with Crippen molar-refractivity contribution in [3.63, 3.8) is 0 Å². The predicted octanol–water partition coefficient (Wildman–Crippen LogP) is 9.74. The summed E-state index contributed by atoms with van der Waals surface area (Å²) in [6.45, 7) is 35.5. The summed E-state index contributed by atoms with van der Waals surface area (Å²) in [5, 5.41) is 2.09. The summed E-state index contributed by atoms with van der Waals surface area (Å²) >= 11 is 0. The van der Waals surface area contributed by atoms with Gasteiger partial charge in [0, 0.05) is 91.5 Å². The van der Waals surface area contributed by atoms with Gasteiger partial charge in [-0.05, 0) is 174 Å². The lowest BCUT2D eigenvalue weighted by Crippen LogP contribution is -3.00. The molecule has 400 valence electrons. The molecule has 0 aromatic heterocycles. The number of rotatable bonds is 10. The van der Waals surface area contributed by atoms with Crippen LogP contribution in [0, 0.1) is 56.7 Å². The normalized spacial score (nSPS) is 32.1. The number of hydrogen-bond acceptors (Lipinski definition) is 6. The number of nitrogens with zero attached hydrogens (tertiary/aromatic N) is 4. The summed E-state index contributed by atoms with van der Waals surface area (Å²) in [6.07, 6.45) is 10.7. The molecule has 10 atom stereocenters. The van der Waals surface area contributed by atoms with Crippen LogP contribution in [0.4, 0.5) is 5.69 Å². The van der Waals surface area contributed by atoms with Crippen LogP contribution in [0.5, 0.6) is 0 Å². The van der Waals surface area contributed by atoms with E-state index in [0.717, 1.165) is 122 Å². The molecule has 9 nitrogen and oxygen atoms in total. The molecule has 10 heteroatoms. The molecule has 74 heavy (non-hydrogen) atoms. The molecule has 2 amide bonds. The molecule has 2 aromatic carbocycles. The predicted molar refractivity (Wildman–Crippen MR) is 295 cm³/mol. The number of carbonyl (C=O) groups excluding carboxylic acids is 3. The van der Waals surface area contributed by atoms with E-state index in [-0.39, 0.29) is 58.0 Å². The van der Waals surface area contributed by atoms with Crippen LogP contribution < -0.4 is 27.2 Å². The number of amides is 2. The Labute approximate surface area is 449 Å². The van der Waals surface area contributed by atoms with Crippen molar-refractivity contribution in [2.24, 2.45) is 56.7 Å². The lowest BCUT2D eigenvalue weighted by molar-refractivity contribution is -0.249. The Hall–Kier alpha value is -4.63.